The van der Waals surface area contributed by atoms with Crippen molar-refractivity contribution in [3.05, 3.63) is 67.4 Å². The maximum Gasteiger partial charge on any atom is 0.267 e. The Morgan fingerprint density at radius 2 is 2.12 bits per heavy atom. The number of benzene rings is 1. The number of rotatable bonds is 7. The molecular weight excluding hydrogens is 474 g/mol. The van der Waals surface area contributed by atoms with Gasteiger partial charge in [0.05, 0.1) is 30.0 Å². The molecule has 4 aromatic rings. The number of carbonyl (C=O) groups is 1. The minimum atomic E-state index is -0.101. The SMILES string of the molecule is COc1ccccc1-n1c(SCC(=O)N[C@H](C)c2cccs2)nc2sc3c(c2c1=O)CCC3. The molecule has 0 saturated heterocycles. The number of thioether (sulfide) groups is 1. The van der Waals surface area contributed by atoms with E-state index in [4.69, 9.17) is 9.72 Å². The predicted octanol–water partition coefficient (Wildman–Crippen LogP) is 4.98. The van der Waals surface area contributed by atoms with Crippen molar-refractivity contribution in [2.75, 3.05) is 12.9 Å². The standard InChI is InChI=1S/C24H23N3O3S3/c1-14(18-11-6-12-31-18)25-20(28)13-32-24-26-22-21(15-7-5-10-19(15)33-22)23(29)27(24)16-8-3-4-9-17(16)30-2/h3-4,6,8-9,11-12,14H,5,7,10,13H2,1-2H3,(H,25,28)/t14-/m1/s1. The van der Waals surface area contributed by atoms with Crippen LogP contribution in [0.1, 0.15) is 34.7 Å². The van der Waals surface area contributed by atoms with E-state index in [2.05, 4.69) is 5.32 Å². The van der Waals surface area contributed by atoms with Crippen molar-refractivity contribution in [3.8, 4) is 11.4 Å². The Kier molecular flexibility index (Phi) is 6.27. The number of carbonyl (C=O) groups excluding carboxylic acids is 1. The van der Waals surface area contributed by atoms with Crippen LogP contribution in [0.25, 0.3) is 15.9 Å². The summed E-state index contributed by atoms with van der Waals surface area (Å²) in [5, 5.41) is 6.23. The van der Waals surface area contributed by atoms with E-state index in [-0.39, 0.29) is 23.3 Å². The Balaban J connectivity index is 1.52. The molecule has 0 spiro atoms. The Bertz CT molecular complexity index is 1380. The Hall–Kier alpha value is -2.62. The molecule has 1 N–H and O–H groups in total. The van der Waals surface area contributed by atoms with Crippen LogP contribution in [0.2, 0.25) is 0 Å². The van der Waals surface area contributed by atoms with Crippen LogP contribution in [0.4, 0.5) is 0 Å². The van der Waals surface area contributed by atoms with Gasteiger partial charge in [-0.15, -0.1) is 22.7 Å². The number of nitrogens with zero attached hydrogens (tertiary/aromatic N) is 2. The summed E-state index contributed by atoms with van der Waals surface area (Å²) in [6.07, 6.45) is 2.98. The van der Waals surface area contributed by atoms with Crippen molar-refractivity contribution in [1.82, 2.24) is 14.9 Å². The summed E-state index contributed by atoms with van der Waals surface area (Å²) < 4.78 is 7.15. The summed E-state index contributed by atoms with van der Waals surface area (Å²) in [6, 6.07) is 11.3. The summed E-state index contributed by atoms with van der Waals surface area (Å²) in [5.74, 6) is 0.647. The van der Waals surface area contributed by atoms with Crippen LogP contribution < -0.4 is 15.6 Å². The zero-order chi connectivity index (χ0) is 22.9. The normalized spacial score (nSPS) is 13.8. The average Bonchev–Trinajstić information content (AvgIpc) is 3.55. The molecule has 5 rings (SSSR count). The van der Waals surface area contributed by atoms with E-state index in [0.29, 0.717) is 22.0 Å². The third-order valence-electron chi connectivity index (χ3n) is 5.71. The van der Waals surface area contributed by atoms with Gasteiger partial charge in [-0.1, -0.05) is 30.0 Å². The molecule has 1 amide bonds. The molecule has 0 unspecified atom stereocenters. The fraction of sp³-hybridized carbons (Fsp3) is 0.292. The smallest absolute Gasteiger partial charge is 0.267 e. The van der Waals surface area contributed by atoms with Gasteiger partial charge in [0.15, 0.2) is 5.16 Å². The lowest BCUT2D eigenvalue weighted by molar-refractivity contribution is -0.119. The van der Waals surface area contributed by atoms with Crippen LogP contribution >= 0.6 is 34.4 Å². The third-order valence-corrected chi connectivity index (χ3v) is 8.89. The minimum Gasteiger partial charge on any atom is -0.495 e. The van der Waals surface area contributed by atoms with E-state index < -0.39 is 0 Å². The summed E-state index contributed by atoms with van der Waals surface area (Å²) in [4.78, 5) is 34.4. The second kappa shape index (κ2) is 9.32. The van der Waals surface area contributed by atoms with Gasteiger partial charge in [-0.05, 0) is 55.3 Å². The van der Waals surface area contributed by atoms with E-state index >= 15 is 0 Å². The molecule has 0 fully saturated rings. The van der Waals surface area contributed by atoms with Crippen molar-refractivity contribution in [2.24, 2.45) is 0 Å². The number of aromatic nitrogens is 2. The maximum atomic E-state index is 13.8. The number of ether oxygens (including phenoxy) is 1. The summed E-state index contributed by atoms with van der Waals surface area (Å²) in [6.45, 7) is 1.97. The summed E-state index contributed by atoms with van der Waals surface area (Å²) in [7, 11) is 1.59. The van der Waals surface area contributed by atoms with Crippen molar-refractivity contribution in [1.29, 1.82) is 0 Å². The predicted molar refractivity (Wildman–Crippen MR) is 135 cm³/mol. The first-order valence-corrected chi connectivity index (χ1v) is 13.4. The third kappa shape index (κ3) is 4.20. The van der Waals surface area contributed by atoms with Crippen molar-refractivity contribution in [3.63, 3.8) is 0 Å². The first-order valence-electron chi connectivity index (χ1n) is 10.7. The second-order valence-electron chi connectivity index (χ2n) is 7.84. The van der Waals surface area contributed by atoms with Gasteiger partial charge in [0.2, 0.25) is 5.91 Å². The number of thiophene rings is 2. The van der Waals surface area contributed by atoms with Gasteiger partial charge in [-0.3, -0.25) is 14.2 Å². The lowest BCUT2D eigenvalue weighted by Crippen LogP contribution is -2.28. The van der Waals surface area contributed by atoms with E-state index in [0.717, 1.165) is 34.5 Å². The fourth-order valence-electron chi connectivity index (χ4n) is 4.17. The average molecular weight is 498 g/mol. The van der Waals surface area contributed by atoms with Gasteiger partial charge in [-0.2, -0.15) is 0 Å². The lowest BCUT2D eigenvalue weighted by atomic mass is 10.2. The maximum absolute atomic E-state index is 13.8. The highest BCUT2D eigenvalue weighted by Gasteiger charge is 2.25. The molecule has 1 aliphatic rings. The van der Waals surface area contributed by atoms with Crippen LogP contribution in [0, 0.1) is 0 Å². The highest BCUT2D eigenvalue weighted by molar-refractivity contribution is 7.99. The van der Waals surface area contributed by atoms with E-state index in [1.165, 1.54) is 16.6 Å². The molecule has 170 valence electrons. The zero-order valence-electron chi connectivity index (χ0n) is 18.3. The fourth-order valence-corrected chi connectivity index (χ4v) is 7.02. The van der Waals surface area contributed by atoms with E-state index in [9.17, 15) is 9.59 Å². The van der Waals surface area contributed by atoms with Crippen molar-refractivity contribution >= 4 is 50.6 Å². The Morgan fingerprint density at radius 1 is 1.27 bits per heavy atom. The van der Waals surface area contributed by atoms with Gasteiger partial charge >= 0.3 is 0 Å². The van der Waals surface area contributed by atoms with E-state index in [1.54, 1.807) is 34.4 Å². The highest BCUT2D eigenvalue weighted by atomic mass is 32.2. The van der Waals surface area contributed by atoms with Crippen molar-refractivity contribution in [2.45, 2.75) is 37.4 Å². The molecule has 0 bridgehead atoms. The molecule has 1 aliphatic carbocycles. The first kappa shape index (κ1) is 22.2. The van der Waals surface area contributed by atoms with Crippen LogP contribution in [0.15, 0.2) is 51.7 Å². The molecule has 33 heavy (non-hydrogen) atoms. The van der Waals surface area contributed by atoms with Gasteiger partial charge in [0, 0.05) is 9.75 Å². The van der Waals surface area contributed by atoms with Gasteiger partial charge in [-0.25, -0.2) is 4.98 Å². The molecule has 0 aliphatic heterocycles. The van der Waals surface area contributed by atoms with Gasteiger partial charge < -0.3 is 10.1 Å². The molecule has 0 radical (unpaired) electrons. The van der Waals surface area contributed by atoms with Gasteiger partial charge in [0.25, 0.3) is 5.56 Å². The monoisotopic (exact) mass is 497 g/mol. The molecule has 3 aromatic heterocycles. The lowest BCUT2D eigenvalue weighted by Gasteiger charge is -2.16. The number of hydrogen-bond acceptors (Lipinski definition) is 7. The van der Waals surface area contributed by atoms with Crippen LogP contribution in [-0.2, 0) is 17.6 Å². The van der Waals surface area contributed by atoms with Crippen LogP contribution in [-0.4, -0.2) is 28.3 Å². The molecule has 6 nitrogen and oxygen atoms in total. The minimum absolute atomic E-state index is 0.0646. The number of nitrogens with one attached hydrogen (secondary N) is 1. The van der Waals surface area contributed by atoms with E-state index in [1.807, 2.05) is 48.7 Å². The quantitative estimate of drug-likeness (QED) is 0.288. The second-order valence-corrected chi connectivity index (χ2v) is 10.8. The molecular formula is C24H23N3O3S3. The first-order chi connectivity index (χ1) is 16.1. The number of aryl methyl sites for hydroxylation is 2. The number of methoxy groups -OCH3 is 1. The topological polar surface area (TPSA) is 73.2 Å². The van der Waals surface area contributed by atoms with Crippen LogP contribution in [0.3, 0.4) is 0 Å². The zero-order valence-corrected chi connectivity index (χ0v) is 20.7. The number of para-hydroxylation sites is 2. The van der Waals surface area contributed by atoms with Crippen molar-refractivity contribution < 1.29 is 9.53 Å². The number of hydrogen-bond donors (Lipinski definition) is 1. The van der Waals surface area contributed by atoms with Crippen LogP contribution in [0.5, 0.6) is 5.75 Å². The number of amides is 1. The molecule has 9 heteroatoms. The highest BCUT2D eigenvalue weighted by Crippen LogP contribution is 2.36. The van der Waals surface area contributed by atoms with Gasteiger partial charge in [0.1, 0.15) is 10.6 Å². The molecule has 0 saturated carbocycles. The Labute approximate surface area is 203 Å². The molecule has 1 atom stereocenters. The Morgan fingerprint density at radius 3 is 2.91 bits per heavy atom. The molecule has 1 aromatic carbocycles. The number of fused-ring (bicyclic) bond motifs is 3. The summed E-state index contributed by atoms with van der Waals surface area (Å²) >= 11 is 4.49. The summed E-state index contributed by atoms with van der Waals surface area (Å²) in [5.41, 5.74) is 1.67. The molecule has 3 heterocycles. The largest absolute Gasteiger partial charge is 0.495 e.